The number of aryl methyl sites for hydroxylation is 2. The summed E-state index contributed by atoms with van der Waals surface area (Å²) in [6, 6.07) is 4.49. The summed E-state index contributed by atoms with van der Waals surface area (Å²) in [7, 11) is 1.97. The highest BCUT2D eigenvalue weighted by molar-refractivity contribution is 5.59. The number of nitrogens with zero attached hydrogens (tertiary/aromatic N) is 3. The summed E-state index contributed by atoms with van der Waals surface area (Å²) in [4.78, 5) is 0. The zero-order valence-electron chi connectivity index (χ0n) is 15.0. The fourth-order valence-corrected chi connectivity index (χ4v) is 3.40. The normalized spacial score (nSPS) is 21.3. The molecule has 0 fully saturated rings. The van der Waals surface area contributed by atoms with Gasteiger partial charge in [0.15, 0.2) is 0 Å². The quantitative estimate of drug-likeness (QED) is 0.585. The van der Waals surface area contributed by atoms with E-state index in [1.54, 1.807) is 5.01 Å². The summed E-state index contributed by atoms with van der Waals surface area (Å²) in [5.74, 6) is 6.05. The topological polar surface area (TPSA) is 84.6 Å². The molecule has 6 nitrogen and oxygen atoms in total. The van der Waals surface area contributed by atoms with Crippen molar-refractivity contribution in [2.45, 2.75) is 51.6 Å². The lowest BCUT2D eigenvalue weighted by Crippen LogP contribution is -2.52. The molecule has 0 spiro atoms. The SMILES string of the molecule is CNC1(/C(N)=C/N(N)C(C)C)CCc2nn3cc(C)ccc3c2C1. The fourth-order valence-electron chi connectivity index (χ4n) is 3.40. The summed E-state index contributed by atoms with van der Waals surface area (Å²) in [6.45, 7) is 6.17. The van der Waals surface area contributed by atoms with E-state index in [0.717, 1.165) is 30.5 Å². The number of pyridine rings is 1. The Labute approximate surface area is 143 Å². The van der Waals surface area contributed by atoms with Gasteiger partial charge in [0, 0.05) is 36.1 Å². The van der Waals surface area contributed by atoms with Gasteiger partial charge in [0.2, 0.25) is 0 Å². The number of aromatic nitrogens is 2. The van der Waals surface area contributed by atoms with Crippen LogP contribution >= 0.6 is 0 Å². The fraction of sp³-hybridized carbons (Fsp3) is 0.500. The van der Waals surface area contributed by atoms with Crippen LogP contribution in [0.15, 0.2) is 30.2 Å². The van der Waals surface area contributed by atoms with Crippen LogP contribution in [-0.4, -0.2) is 33.3 Å². The van der Waals surface area contributed by atoms with Gasteiger partial charge in [-0.25, -0.2) is 10.4 Å². The number of hydrogen-bond donors (Lipinski definition) is 3. The van der Waals surface area contributed by atoms with Crippen molar-refractivity contribution in [2.24, 2.45) is 11.6 Å². The Kier molecular flexibility index (Phi) is 4.27. The van der Waals surface area contributed by atoms with Gasteiger partial charge in [-0.3, -0.25) is 0 Å². The average Bonchev–Trinajstić information content (AvgIpc) is 2.90. The molecule has 0 bridgehead atoms. The first-order chi connectivity index (χ1) is 11.4. The maximum absolute atomic E-state index is 6.48. The molecule has 0 aliphatic heterocycles. The van der Waals surface area contributed by atoms with E-state index in [9.17, 15) is 0 Å². The predicted molar refractivity (Wildman–Crippen MR) is 97.2 cm³/mol. The third-order valence-electron chi connectivity index (χ3n) is 5.15. The molecule has 0 amide bonds. The second-order valence-corrected chi connectivity index (χ2v) is 7.10. The van der Waals surface area contributed by atoms with Gasteiger partial charge in [0.25, 0.3) is 0 Å². The number of hydrazine groups is 1. The van der Waals surface area contributed by atoms with Crippen LogP contribution in [0, 0.1) is 6.92 Å². The minimum Gasteiger partial charge on any atom is -0.399 e. The molecule has 2 aromatic heterocycles. The second kappa shape index (κ2) is 6.11. The summed E-state index contributed by atoms with van der Waals surface area (Å²) < 4.78 is 2.00. The molecule has 2 aromatic rings. The van der Waals surface area contributed by atoms with E-state index in [0.29, 0.717) is 0 Å². The molecule has 0 saturated heterocycles. The maximum atomic E-state index is 6.48. The molecule has 24 heavy (non-hydrogen) atoms. The van der Waals surface area contributed by atoms with Crippen molar-refractivity contribution < 1.29 is 0 Å². The standard InChI is InChI=1S/C18H28N6/c1-12(2)23(20)11-17(19)18(21-4)8-7-15-14(9-18)16-6-5-13(3)10-24(16)22-15/h5-6,10-12,21H,7-9,19-20H2,1-4H3/b17-11-. The van der Waals surface area contributed by atoms with Crippen molar-refractivity contribution in [3.05, 3.63) is 47.0 Å². The highest BCUT2D eigenvalue weighted by atomic mass is 15.4. The summed E-state index contributed by atoms with van der Waals surface area (Å²) >= 11 is 0. The van der Waals surface area contributed by atoms with Gasteiger partial charge in [-0.1, -0.05) is 6.07 Å². The third kappa shape index (κ3) is 2.76. The largest absolute Gasteiger partial charge is 0.399 e. The lowest BCUT2D eigenvalue weighted by atomic mass is 9.78. The van der Waals surface area contributed by atoms with Crippen LogP contribution in [0.5, 0.6) is 0 Å². The Morgan fingerprint density at radius 3 is 2.88 bits per heavy atom. The zero-order chi connectivity index (χ0) is 17.5. The van der Waals surface area contributed by atoms with Gasteiger partial charge < -0.3 is 16.1 Å². The molecule has 0 aromatic carbocycles. The van der Waals surface area contributed by atoms with Crippen LogP contribution in [0.1, 0.15) is 37.1 Å². The van der Waals surface area contributed by atoms with Gasteiger partial charge >= 0.3 is 0 Å². The Balaban J connectivity index is 2.01. The van der Waals surface area contributed by atoms with E-state index in [-0.39, 0.29) is 11.6 Å². The maximum Gasteiger partial charge on any atom is 0.0697 e. The van der Waals surface area contributed by atoms with E-state index in [2.05, 4.69) is 30.6 Å². The van der Waals surface area contributed by atoms with Crippen LogP contribution in [0.25, 0.3) is 5.52 Å². The summed E-state index contributed by atoms with van der Waals surface area (Å²) in [5.41, 5.74) is 11.8. The molecule has 1 aliphatic carbocycles. The Morgan fingerprint density at radius 1 is 1.46 bits per heavy atom. The molecule has 6 heteroatoms. The second-order valence-electron chi connectivity index (χ2n) is 7.10. The van der Waals surface area contributed by atoms with E-state index in [4.69, 9.17) is 16.7 Å². The molecular formula is C18H28N6. The minimum atomic E-state index is -0.284. The molecule has 1 atom stereocenters. The highest BCUT2D eigenvalue weighted by Gasteiger charge is 2.38. The molecule has 5 N–H and O–H groups in total. The Bertz CT molecular complexity index is 775. The van der Waals surface area contributed by atoms with Crippen LogP contribution in [0.2, 0.25) is 0 Å². The first-order valence-electron chi connectivity index (χ1n) is 8.53. The Morgan fingerprint density at radius 2 is 2.21 bits per heavy atom. The van der Waals surface area contributed by atoms with Crippen LogP contribution in [0.4, 0.5) is 0 Å². The van der Waals surface area contributed by atoms with Gasteiger partial charge in [0.05, 0.1) is 16.7 Å². The van der Waals surface area contributed by atoms with E-state index < -0.39 is 0 Å². The molecule has 1 unspecified atom stereocenters. The lowest BCUT2D eigenvalue weighted by molar-refractivity contribution is 0.300. The number of rotatable bonds is 4. The smallest absolute Gasteiger partial charge is 0.0697 e. The zero-order valence-corrected chi connectivity index (χ0v) is 15.0. The van der Waals surface area contributed by atoms with E-state index in [1.165, 1.54) is 16.8 Å². The van der Waals surface area contributed by atoms with Crippen molar-refractivity contribution >= 4 is 5.52 Å². The highest BCUT2D eigenvalue weighted by Crippen LogP contribution is 2.34. The first kappa shape index (κ1) is 16.8. The van der Waals surface area contributed by atoms with Gasteiger partial charge in [0.1, 0.15) is 0 Å². The van der Waals surface area contributed by atoms with Crippen molar-refractivity contribution in [2.75, 3.05) is 7.05 Å². The number of fused-ring (bicyclic) bond motifs is 3. The molecule has 3 rings (SSSR count). The van der Waals surface area contributed by atoms with Crippen molar-refractivity contribution in [3.8, 4) is 0 Å². The average molecular weight is 328 g/mol. The first-order valence-corrected chi connectivity index (χ1v) is 8.53. The number of nitrogens with one attached hydrogen (secondary N) is 1. The molecule has 130 valence electrons. The van der Waals surface area contributed by atoms with Crippen molar-refractivity contribution in [1.29, 1.82) is 0 Å². The van der Waals surface area contributed by atoms with Crippen molar-refractivity contribution in [3.63, 3.8) is 0 Å². The summed E-state index contributed by atoms with van der Waals surface area (Å²) in [5, 5.41) is 9.88. The molecule has 0 radical (unpaired) electrons. The van der Waals surface area contributed by atoms with Crippen LogP contribution in [0.3, 0.4) is 0 Å². The predicted octanol–water partition coefficient (Wildman–Crippen LogP) is 1.47. The molecule has 0 saturated carbocycles. The lowest BCUT2D eigenvalue weighted by Gasteiger charge is -2.38. The van der Waals surface area contributed by atoms with Crippen LogP contribution in [-0.2, 0) is 12.8 Å². The van der Waals surface area contributed by atoms with E-state index >= 15 is 0 Å². The van der Waals surface area contributed by atoms with Gasteiger partial charge in [-0.05, 0) is 52.3 Å². The molecular weight excluding hydrogens is 300 g/mol. The molecule has 2 heterocycles. The summed E-state index contributed by atoms with van der Waals surface area (Å²) in [6.07, 6.45) is 6.57. The monoisotopic (exact) mass is 328 g/mol. The number of nitrogens with two attached hydrogens (primary N) is 2. The van der Waals surface area contributed by atoms with Crippen LogP contribution < -0.4 is 16.9 Å². The van der Waals surface area contributed by atoms with E-state index in [1.807, 2.05) is 31.6 Å². The molecule has 1 aliphatic rings. The number of hydrogen-bond acceptors (Lipinski definition) is 5. The Hall–Kier alpha value is -2.05. The van der Waals surface area contributed by atoms with Gasteiger partial charge in [-0.15, -0.1) is 0 Å². The third-order valence-corrected chi connectivity index (χ3v) is 5.15. The number of likely N-dealkylation sites (N-methyl/N-ethyl adjacent to an activating group) is 1. The van der Waals surface area contributed by atoms with Gasteiger partial charge in [-0.2, -0.15) is 5.10 Å². The minimum absolute atomic E-state index is 0.205. The van der Waals surface area contributed by atoms with Crippen molar-refractivity contribution in [1.82, 2.24) is 19.9 Å².